The van der Waals surface area contributed by atoms with E-state index in [0.29, 0.717) is 24.0 Å². The van der Waals surface area contributed by atoms with Crippen LogP contribution in [0, 0.1) is 6.92 Å². The minimum absolute atomic E-state index is 0.592. The third-order valence-electron chi connectivity index (χ3n) is 4.92. The van der Waals surface area contributed by atoms with Gasteiger partial charge in [0.05, 0.1) is 7.11 Å². The average molecular weight is 443 g/mol. The molecular weight excluding hydrogens is 412 g/mol. The summed E-state index contributed by atoms with van der Waals surface area (Å²) in [5.41, 5.74) is 4.59. The number of hydrogen-bond donors (Lipinski definition) is 2. The van der Waals surface area contributed by atoms with E-state index in [-0.39, 0.29) is 0 Å². The molecule has 0 spiro atoms. The van der Waals surface area contributed by atoms with Crippen LogP contribution in [0.4, 0.5) is 5.82 Å². The maximum absolute atomic E-state index is 6.17. The minimum atomic E-state index is 0.592. The first kappa shape index (κ1) is 23.6. The van der Waals surface area contributed by atoms with Crippen LogP contribution < -0.4 is 20.1 Å². The highest BCUT2D eigenvalue weighted by molar-refractivity contribution is 5.67. The summed E-state index contributed by atoms with van der Waals surface area (Å²) in [5.74, 6) is 2.70. The third-order valence-corrected chi connectivity index (χ3v) is 4.92. The van der Waals surface area contributed by atoms with Gasteiger partial charge in [0.1, 0.15) is 17.3 Å². The lowest BCUT2D eigenvalue weighted by Crippen LogP contribution is -2.12. The lowest BCUT2D eigenvalue weighted by Gasteiger charge is -2.16. The van der Waals surface area contributed by atoms with Crippen molar-refractivity contribution in [1.29, 1.82) is 0 Å². The summed E-state index contributed by atoms with van der Waals surface area (Å²) in [6.07, 6.45) is 8.41. The maximum Gasteiger partial charge on any atom is 0.212 e. The van der Waals surface area contributed by atoms with Crippen LogP contribution in [0.5, 0.6) is 17.4 Å². The molecule has 3 rings (SSSR count). The van der Waals surface area contributed by atoms with Crippen LogP contribution in [0.25, 0.3) is 5.70 Å². The van der Waals surface area contributed by atoms with Crippen LogP contribution in [-0.4, -0.2) is 17.1 Å². The zero-order chi connectivity index (χ0) is 23.6. The Balaban J connectivity index is 1.68. The van der Waals surface area contributed by atoms with Gasteiger partial charge in [-0.2, -0.15) is 0 Å². The molecule has 0 bridgehead atoms. The summed E-state index contributed by atoms with van der Waals surface area (Å²) in [6, 6.07) is 13.4. The van der Waals surface area contributed by atoms with E-state index in [9.17, 15) is 0 Å². The van der Waals surface area contributed by atoms with Gasteiger partial charge in [-0.05, 0) is 37.1 Å². The molecule has 6 nitrogen and oxygen atoms in total. The molecule has 3 aromatic rings. The average Bonchev–Trinajstić information content (AvgIpc) is 2.83. The number of pyridine rings is 2. The molecule has 0 saturated carbocycles. The number of anilines is 1. The summed E-state index contributed by atoms with van der Waals surface area (Å²) in [6.45, 7) is 12.9. The van der Waals surface area contributed by atoms with Crippen LogP contribution in [0.3, 0.4) is 0 Å². The first-order valence-electron chi connectivity index (χ1n) is 10.8. The van der Waals surface area contributed by atoms with Gasteiger partial charge < -0.3 is 20.1 Å². The van der Waals surface area contributed by atoms with Crippen molar-refractivity contribution in [1.82, 2.24) is 15.3 Å². The molecule has 2 heterocycles. The van der Waals surface area contributed by atoms with Gasteiger partial charge in [-0.25, -0.2) is 9.97 Å². The highest BCUT2D eigenvalue weighted by Gasteiger charge is 2.10. The van der Waals surface area contributed by atoms with E-state index in [4.69, 9.17) is 9.47 Å². The molecule has 2 N–H and O–H groups in total. The molecule has 0 unspecified atom stereocenters. The second-order valence-electron chi connectivity index (χ2n) is 7.41. The maximum atomic E-state index is 6.17. The van der Waals surface area contributed by atoms with Crippen molar-refractivity contribution in [3.63, 3.8) is 0 Å². The Morgan fingerprint density at radius 3 is 2.70 bits per heavy atom. The molecule has 2 aromatic heterocycles. The summed E-state index contributed by atoms with van der Waals surface area (Å²) in [7, 11) is 1.60. The number of methoxy groups -OCH3 is 1. The van der Waals surface area contributed by atoms with Gasteiger partial charge in [0.15, 0.2) is 0 Å². The van der Waals surface area contributed by atoms with Crippen molar-refractivity contribution < 1.29 is 9.47 Å². The van der Waals surface area contributed by atoms with Gasteiger partial charge in [0.25, 0.3) is 0 Å². The van der Waals surface area contributed by atoms with E-state index in [2.05, 4.69) is 40.7 Å². The number of aromatic nitrogens is 2. The van der Waals surface area contributed by atoms with Crippen LogP contribution in [-0.2, 0) is 6.54 Å². The van der Waals surface area contributed by atoms with E-state index < -0.39 is 0 Å². The Morgan fingerprint density at radius 2 is 1.97 bits per heavy atom. The topological polar surface area (TPSA) is 68.3 Å². The Kier molecular flexibility index (Phi) is 8.24. The SMILES string of the molecule is C=C(/C=C\CC)Nc1cc(Oc2cccc(C(=C)NCc3ccc(OC)nc3)c2C)ccn1. The van der Waals surface area contributed by atoms with Gasteiger partial charge in [-0.1, -0.05) is 44.4 Å². The Morgan fingerprint density at radius 1 is 1.12 bits per heavy atom. The molecule has 0 aliphatic carbocycles. The quantitative estimate of drug-likeness (QED) is 0.343. The molecule has 0 radical (unpaired) electrons. The van der Waals surface area contributed by atoms with Gasteiger partial charge in [-0.3, -0.25) is 0 Å². The minimum Gasteiger partial charge on any atom is -0.481 e. The Hall–Kier alpha value is -4.06. The first-order chi connectivity index (χ1) is 16.0. The normalized spacial score (nSPS) is 10.6. The van der Waals surface area contributed by atoms with E-state index in [1.54, 1.807) is 19.5 Å². The summed E-state index contributed by atoms with van der Waals surface area (Å²) in [4.78, 5) is 8.57. The number of nitrogens with zero attached hydrogens (tertiary/aromatic N) is 2. The van der Waals surface area contributed by atoms with Crippen molar-refractivity contribution in [2.45, 2.75) is 26.8 Å². The van der Waals surface area contributed by atoms with Gasteiger partial charge in [-0.15, -0.1) is 0 Å². The second-order valence-corrected chi connectivity index (χ2v) is 7.41. The Bertz CT molecular complexity index is 1140. The summed E-state index contributed by atoms with van der Waals surface area (Å²) < 4.78 is 11.3. The molecule has 0 aliphatic rings. The molecule has 0 amide bonds. The molecular formula is C27H30N4O2. The van der Waals surface area contributed by atoms with Crippen LogP contribution in [0.2, 0.25) is 0 Å². The number of hydrogen-bond acceptors (Lipinski definition) is 6. The highest BCUT2D eigenvalue weighted by atomic mass is 16.5. The largest absolute Gasteiger partial charge is 0.481 e. The van der Waals surface area contributed by atoms with Crippen molar-refractivity contribution in [3.05, 3.63) is 103 Å². The van der Waals surface area contributed by atoms with Crippen LogP contribution in [0.15, 0.2) is 85.9 Å². The van der Waals surface area contributed by atoms with Crippen LogP contribution >= 0.6 is 0 Å². The fourth-order valence-corrected chi connectivity index (χ4v) is 3.13. The highest BCUT2D eigenvalue weighted by Crippen LogP contribution is 2.30. The van der Waals surface area contributed by atoms with Crippen LogP contribution in [0.1, 0.15) is 30.0 Å². The zero-order valence-corrected chi connectivity index (χ0v) is 19.4. The fourth-order valence-electron chi connectivity index (χ4n) is 3.13. The predicted molar refractivity (Wildman–Crippen MR) is 134 cm³/mol. The Labute approximate surface area is 195 Å². The first-order valence-corrected chi connectivity index (χ1v) is 10.8. The van der Waals surface area contributed by atoms with E-state index in [1.807, 2.05) is 61.5 Å². The molecule has 0 aliphatic heterocycles. The number of benzene rings is 1. The zero-order valence-electron chi connectivity index (χ0n) is 19.4. The fraction of sp³-hybridized carbons (Fsp3) is 0.185. The van der Waals surface area contributed by atoms with E-state index in [1.165, 1.54) is 0 Å². The molecule has 6 heteroatoms. The second kappa shape index (κ2) is 11.5. The molecule has 0 fully saturated rings. The standard InChI is InChI=1S/C27H30N4O2/c1-6-7-9-19(2)31-26-16-23(14-15-28-26)33-25-11-8-10-24(20(25)3)21(4)29-17-22-12-13-27(32-5)30-18-22/h7-16,18,29H,2,4,6,17H2,1,3,5H3,(H,28,31)/b9-7-. The third kappa shape index (κ3) is 6.71. The lowest BCUT2D eigenvalue weighted by atomic mass is 10.1. The van der Waals surface area contributed by atoms with Crippen molar-refractivity contribution >= 4 is 11.5 Å². The van der Waals surface area contributed by atoms with Crippen molar-refractivity contribution in [2.75, 3.05) is 12.4 Å². The van der Waals surface area contributed by atoms with Gasteiger partial charge in [0.2, 0.25) is 5.88 Å². The summed E-state index contributed by atoms with van der Waals surface area (Å²) in [5, 5.41) is 6.54. The monoisotopic (exact) mass is 442 g/mol. The number of ether oxygens (including phenoxy) is 2. The summed E-state index contributed by atoms with van der Waals surface area (Å²) >= 11 is 0. The van der Waals surface area contributed by atoms with E-state index in [0.717, 1.165) is 40.3 Å². The molecule has 0 saturated heterocycles. The lowest BCUT2D eigenvalue weighted by molar-refractivity contribution is 0.397. The predicted octanol–water partition coefficient (Wildman–Crippen LogP) is 6.24. The molecule has 170 valence electrons. The van der Waals surface area contributed by atoms with Crippen molar-refractivity contribution in [2.24, 2.45) is 0 Å². The number of nitrogens with one attached hydrogen (secondary N) is 2. The smallest absolute Gasteiger partial charge is 0.212 e. The van der Waals surface area contributed by atoms with Gasteiger partial charge in [0, 0.05) is 53.6 Å². The molecule has 0 atom stereocenters. The van der Waals surface area contributed by atoms with Crippen molar-refractivity contribution in [3.8, 4) is 17.4 Å². The van der Waals surface area contributed by atoms with Gasteiger partial charge >= 0.3 is 0 Å². The molecule has 33 heavy (non-hydrogen) atoms. The van der Waals surface area contributed by atoms with E-state index >= 15 is 0 Å². The number of rotatable bonds is 11. The molecule has 1 aromatic carbocycles. The number of allylic oxidation sites excluding steroid dienone is 2.